The molecule has 2 nitrogen and oxygen atoms in total. The summed E-state index contributed by atoms with van der Waals surface area (Å²) in [6, 6.07) is 2.46. The van der Waals surface area contributed by atoms with Crippen molar-refractivity contribution in [1.82, 2.24) is 0 Å². The minimum absolute atomic E-state index is 0.0313. The molecule has 1 fully saturated rings. The van der Waals surface area contributed by atoms with E-state index in [-0.39, 0.29) is 17.8 Å². The van der Waals surface area contributed by atoms with Crippen LogP contribution in [-0.2, 0) is 4.74 Å². The predicted octanol–water partition coefficient (Wildman–Crippen LogP) is 2.86. The van der Waals surface area contributed by atoms with Gasteiger partial charge in [-0.1, -0.05) is 0 Å². The number of hydrogen-bond acceptors (Lipinski definition) is 2. The molecule has 2 rings (SSSR count). The van der Waals surface area contributed by atoms with Crippen LogP contribution in [0.2, 0.25) is 0 Å². The summed E-state index contributed by atoms with van der Waals surface area (Å²) >= 11 is 0. The molecule has 16 heavy (non-hydrogen) atoms. The fourth-order valence-electron chi connectivity index (χ4n) is 1.88. The molecule has 2 atom stereocenters. The third kappa shape index (κ3) is 2.16. The lowest BCUT2D eigenvalue weighted by Gasteiger charge is -2.18. The summed E-state index contributed by atoms with van der Waals surface area (Å²) in [6.45, 7) is 4.13. The predicted molar refractivity (Wildman–Crippen MR) is 58.5 cm³/mol. The van der Waals surface area contributed by atoms with Gasteiger partial charge in [0.2, 0.25) is 0 Å². The fourth-order valence-corrected chi connectivity index (χ4v) is 1.88. The largest absolute Gasteiger partial charge is 0.377 e. The molecule has 1 aliphatic rings. The van der Waals surface area contributed by atoms with Crippen molar-refractivity contribution in [1.29, 1.82) is 0 Å². The van der Waals surface area contributed by atoms with Crippen LogP contribution in [0.4, 0.5) is 14.5 Å². The molecule has 2 unspecified atom stereocenters. The lowest BCUT2D eigenvalue weighted by molar-refractivity contribution is 0.121. The van der Waals surface area contributed by atoms with Crippen LogP contribution in [0.15, 0.2) is 12.1 Å². The van der Waals surface area contributed by atoms with Gasteiger partial charge in [0.15, 0.2) is 0 Å². The van der Waals surface area contributed by atoms with Crippen LogP contribution < -0.4 is 5.32 Å². The molecule has 0 saturated carbocycles. The quantitative estimate of drug-likeness (QED) is 0.838. The molecule has 88 valence electrons. The molecular formula is C12H15F2NO. The lowest BCUT2D eigenvalue weighted by Crippen LogP contribution is -2.27. The van der Waals surface area contributed by atoms with Gasteiger partial charge in [-0.05, 0) is 31.9 Å². The van der Waals surface area contributed by atoms with Crippen LogP contribution in [0.5, 0.6) is 0 Å². The average molecular weight is 227 g/mol. The van der Waals surface area contributed by atoms with Crippen molar-refractivity contribution in [2.24, 2.45) is 0 Å². The van der Waals surface area contributed by atoms with E-state index in [1.165, 1.54) is 12.1 Å². The first-order chi connectivity index (χ1) is 7.58. The molecule has 1 aliphatic heterocycles. The van der Waals surface area contributed by atoms with E-state index in [1.54, 1.807) is 6.92 Å². The summed E-state index contributed by atoms with van der Waals surface area (Å²) in [6.07, 6.45) is 0.847. The van der Waals surface area contributed by atoms with E-state index < -0.39 is 11.6 Å². The molecule has 1 saturated heterocycles. The first kappa shape index (κ1) is 11.3. The van der Waals surface area contributed by atoms with Crippen LogP contribution in [0, 0.1) is 18.6 Å². The molecule has 0 amide bonds. The highest BCUT2D eigenvalue weighted by Crippen LogP contribution is 2.23. The second-order valence-corrected chi connectivity index (χ2v) is 4.20. The number of benzene rings is 1. The summed E-state index contributed by atoms with van der Waals surface area (Å²) in [4.78, 5) is 0. The van der Waals surface area contributed by atoms with Crippen LogP contribution in [0.3, 0.4) is 0 Å². The number of anilines is 1. The van der Waals surface area contributed by atoms with Crippen LogP contribution in [0.25, 0.3) is 0 Å². The Kier molecular flexibility index (Phi) is 3.10. The van der Waals surface area contributed by atoms with Crippen LogP contribution in [0.1, 0.15) is 18.9 Å². The normalized spacial score (nSPS) is 24.8. The summed E-state index contributed by atoms with van der Waals surface area (Å²) in [5.41, 5.74) is 0.532. The monoisotopic (exact) mass is 227 g/mol. The maximum absolute atomic E-state index is 13.5. The zero-order valence-electron chi connectivity index (χ0n) is 9.39. The van der Waals surface area contributed by atoms with Crippen molar-refractivity contribution in [2.75, 3.05) is 11.9 Å². The number of ether oxygens (including phenoxy) is 1. The third-order valence-electron chi connectivity index (χ3n) is 2.97. The Labute approximate surface area is 93.6 Å². The van der Waals surface area contributed by atoms with Gasteiger partial charge in [0.25, 0.3) is 0 Å². The Morgan fingerprint density at radius 1 is 1.31 bits per heavy atom. The number of hydrogen-bond donors (Lipinski definition) is 1. The zero-order valence-corrected chi connectivity index (χ0v) is 9.39. The Bertz CT molecular complexity index is 395. The van der Waals surface area contributed by atoms with E-state index in [2.05, 4.69) is 5.32 Å². The van der Waals surface area contributed by atoms with Gasteiger partial charge in [-0.15, -0.1) is 0 Å². The van der Waals surface area contributed by atoms with Crippen LogP contribution in [-0.4, -0.2) is 18.8 Å². The Morgan fingerprint density at radius 2 is 2.06 bits per heavy atom. The minimum atomic E-state index is -0.419. The first-order valence-corrected chi connectivity index (χ1v) is 5.41. The third-order valence-corrected chi connectivity index (χ3v) is 2.97. The smallest absolute Gasteiger partial charge is 0.146 e. The SMILES string of the molecule is Cc1cc(F)c(NC2CCOC2C)cc1F. The average Bonchev–Trinajstić information content (AvgIpc) is 2.61. The van der Waals surface area contributed by atoms with Crippen LogP contribution >= 0.6 is 0 Å². The maximum Gasteiger partial charge on any atom is 0.146 e. The topological polar surface area (TPSA) is 21.3 Å². The molecule has 0 radical (unpaired) electrons. The Balaban J connectivity index is 2.18. The molecule has 0 spiro atoms. The highest BCUT2D eigenvalue weighted by atomic mass is 19.1. The molecule has 0 bridgehead atoms. The Morgan fingerprint density at radius 3 is 2.69 bits per heavy atom. The molecule has 1 aromatic rings. The van der Waals surface area contributed by atoms with Gasteiger partial charge in [0, 0.05) is 12.7 Å². The second-order valence-electron chi connectivity index (χ2n) is 4.20. The van der Waals surface area contributed by atoms with Crippen molar-refractivity contribution in [3.05, 3.63) is 29.3 Å². The van der Waals surface area contributed by atoms with Gasteiger partial charge in [0.05, 0.1) is 17.8 Å². The summed E-state index contributed by atoms with van der Waals surface area (Å²) in [7, 11) is 0. The Hall–Kier alpha value is -1.16. The van der Waals surface area contributed by atoms with E-state index in [0.29, 0.717) is 12.2 Å². The zero-order chi connectivity index (χ0) is 11.7. The van der Waals surface area contributed by atoms with E-state index in [0.717, 1.165) is 6.42 Å². The van der Waals surface area contributed by atoms with E-state index >= 15 is 0 Å². The van der Waals surface area contributed by atoms with Gasteiger partial charge in [-0.25, -0.2) is 8.78 Å². The van der Waals surface area contributed by atoms with Crippen molar-refractivity contribution in [3.8, 4) is 0 Å². The highest BCUT2D eigenvalue weighted by molar-refractivity contribution is 5.48. The molecular weight excluding hydrogens is 212 g/mol. The van der Waals surface area contributed by atoms with Crippen molar-refractivity contribution >= 4 is 5.69 Å². The summed E-state index contributed by atoms with van der Waals surface area (Å²) in [5.74, 6) is -0.812. The highest BCUT2D eigenvalue weighted by Gasteiger charge is 2.24. The van der Waals surface area contributed by atoms with Gasteiger partial charge in [-0.2, -0.15) is 0 Å². The molecule has 0 aromatic heterocycles. The number of rotatable bonds is 2. The molecule has 1 N–H and O–H groups in total. The molecule has 1 heterocycles. The maximum atomic E-state index is 13.5. The first-order valence-electron chi connectivity index (χ1n) is 5.41. The van der Waals surface area contributed by atoms with Gasteiger partial charge in [-0.3, -0.25) is 0 Å². The summed E-state index contributed by atoms with van der Waals surface area (Å²) < 4.78 is 32.2. The van der Waals surface area contributed by atoms with Crippen molar-refractivity contribution in [3.63, 3.8) is 0 Å². The van der Waals surface area contributed by atoms with E-state index in [1.807, 2.05) is 6.92 Å². The summed E-state index contributed by atoms with van der Waals surface area (Å²) in [5, 5.41) is 2.99. The number of halogens is 2. The van der Waals surface area contributed by atoms with Crippen molar-refractivity contribution in [2.45, 2.75) is 32.4 Å². The van der Waals surface area contributed by atoms with E-state index in [9.17, 15) is 8.78 Å². The van der Waals surface area contributed by atoms with E-state index in [4.69, 9.17) is 4.74 Å². The standard InChI is InChI=1S/C12H15F2NO/c1-7-5-10(14)12(6-9(7)13)15-11-3-4-16-8(11)2/h5-6,8,11,15H,3-4H2,1-2H3. The second kappa shape index (κ2) is 4.37. The fraction of sp³-hybridized carbons (Fsp3) is 0.500. The molecule has 0 aliphatic carbocycles. The van der Waals surface area contributed by atoms with Gasteiger partial charge in [0.1, 0.15) is 11.6 Å². The lowest BCUT2D eigenvalue weighted by atomic mass is 10.1. The molecule has 1 aromatic carbocycles. The number of nitrogens with one attached hydrogen (secondary N) is 1. The molecule has 4 heteroatoms. The minimum Gasteiger partial charge on any atom is -0.377 e. The van der Waals surface area contributed by atoms with Gasteiger partial charge < -0.3 is 10.1 Å². The number of aryl methyl sites for hydroxylation is 1. The van der Waals surface area contributed by atoms with Crippen molar-refractivity contribution < 1.29 is 13.5 Å². The van der Waals surface area contributed by atoms with Gasteiger partial charge >= 0.3 is 0 Å².